The molecule has 0 rings (SSSR count). The summed E-state index contributed by atoms with van der Waals surface area (Å²) in [6.07, 6.45) is 2.70. The van der Waals surface area contributed by atoms with Crippen molar-refractivity contribution in [2.45, 2.75) is 36.4 Å². The van der Waals surface area contributed by atoms with Crippen molar-refractivity contribution in [3.63, 3.8) is 0 Å². The van der Waals surface area contributed by atoms with Crippen molar-refractivity contribution in [2.75, 3.05) is 19.8 Å². The van der Waals surface area contributed by atoms with Gasteiger partial charge in [-0.1, -0.05) is 0 Å². The number of hydrogen-bond donors (Lipinski definition) is 2. The molecule has 0 aromatic heterocycles. The predicted octanol–water partition coefficient (Wildman–Crippen LogP) is 0.875. The van der Waals surface area contributed by atoms with Gasteiger partial charge in [-0.25, -0.2) is 0 Å². The number of ether oxygens (including phenoxy) is 1. The fourth-order valence-corrected chi connectivity index (χ4v) is 2.25. The second-order valence-electron chi connectivity index (χ2n) is 3.17. The summed E-state index contributed by atoms with van der Waals surface area (Å²) in [5.74, 6) is -0.298. The molecule has 0 radical (unpaired) electrons. The molecule has 99 valence electrons. The van der Waals surface area contributed by atoms with Gasteiger partial charge in [-0.3, -0.25) is 0 Å². The van der Waals surface area contributed by atoms with Crippen molar-refractivity contribution in [2.24, 2.45) is 0 Å². The number of carbonyl (C=O) groups is 1. The molecule has 0 aliphatic rings. The van der Waals surface area contributed by atoms with Crippen LogP contribution in [0.2, 0.25) is 10.7 Å². The van der Waals surface area contributed by atoms with Crippen molar-refractivity contribution >= 4 is 5.97 Å². The summed E-state index contributed by atoms with van der Waals surface area (Å²) < 4.78 is 15.8. The van der Waals surface area contributed by atoms with Crippen LogP contribution in [-0.2, 0) is 27.0 Å². The van der Waals surface area contributed by atoms with Crippen LogP contribution in [0.1, 0.15) is 25.7 Å². The minimum absolute atomic E-state index is 0.0261. The fraction of sp³-hybridized carbons (Fsp3) is 0.900. The Kier molecular flexibility index (Phi) is 11.0. The van der Waals surface area contributed by atoms with E-state index in [1.165, 1.54) is 0 Å². The normalized spacial score (nSPS) is 11.2. The zero-order valence-corrected chi connectivity index (χ0v) is 10.4. The van der Waals surface area contributed by atoms with Crippen LogP contribution in [0.5, 0.6) is 0 Å². The second kappa shape index (κ2) is 11.2. The van der Waals surface area contributed by atoms with Crippen molar-refractivity contribution in [1.29, 1.82) is 0 Å². The van der Waals surface area contributed by atoms with Crippen molar-refractivity contribution in [3.05, 3.63) is 0 Å². The quantitative estimate of drug-likeness (QED) is 0.458. The molecule has 2 N–H and O–H groups in total. The van der Waals surface area contributed by atoms with Crippen LogP contribution in [0.3, 0.4) is 0 Å². The number of unbranched alkanes of at least 4 members (excludes halogenated alkanes) is 2. The molecule has 0 unspecified atom stereocenters. The van der Waals surface area contributed by atoms with Gasteiger partial charge in [0.2, 0.25) is 0 Å². The Hall–Kier alpha value is -0.304. The molecule has 0 bridgehead atoms. The Morgan fingerprint density at radius 1 is 1.06 bits per heavy atom. The fourth-order valence-electron chi connectivity index (χ4n) is 1.06. The third-order valence-electron chi connectivity index (χ3n) is 1.80. The molecule has 0 aromatic carbocycles. The first-order valence-electron chi connectivity index (χ1n) is 5.29. The summed E-state index contributed by atoms with van der Waals surface area (Å²) >= 11 is -1.25. The summed E-state index contributed by atoms with van der Waals surface area (Å²) in [6.45, 7) is -0.115. The van der Waals surface area contributed by atoms with Crippen molar-refractivity contribution in [1.82, 2.24) is 0 Å². The molecule has 0 aliphatic carbocycles. The molecule has 6 heteroatoms. The third-order valence-corrected chi connectivity index (χ3v) is 3.56. The van der Waals surface area contributed by atoms with Gasteiger partial charge in [-0.15, -0.1) is 0 Å². The van der Waals surface area contributed by atoms with Crippen molar-refractivity contribution < 1.29 is 37.2 Å². The van der Waals surface area contributed by atoms with Crippen LogP contribution in [0, 0.1) is 0 Å². The van der Waals surface area contributed by atoms with Gasteiger partial charge in [0.1, 0.15) is 0 Å². The number of rotatable bonds is 10. The number of esters is 1. The average Bonchev–Trinajstić information content (AvgIpc) is 2.26. The van der Waals surface area contributed by atoms with E-state index in [1.807, 2.05) is 0 Å². The first-order valence-corrected chi connectivity index (χ1v) is 7.19. The number of aliphatic hydroxyl groups is 2. The van der Waals surface area contributed by atoms with Crippen LogP contribution in [-0.4, -0.2) is 36.0 Å². The first-order chi connectivity index (χ1) is 7.70. The summed E-state index contributed by atoms with van der Waals surface area (Å²) in [5, 5.41) is 17.9. The molecule has 0 fully saturated rings. The molecular weight excluding hydrogens is 259 g/mol. The van der Waals surface area contributed by atoms with Gasteiger partial charge in [0.05, 0.1) is 0 Å². The van der Waals surface area contributed by atoms with Gasteiger partial charge in [-0.2, -0.15) is 0 Å². The minimum atomic E-state index is -1.25. The van der Waals surface area contributed by atoms with Gasteiger partial charge < -0.3 is 0 Å². The van der Waals surface area contributed by atoms with Crippen LogP contribution in [0.15, 0.2) is 0 Å². The van der Waals surface area contributed by atoms with Gasteiger partial charge in [0.15, 0.2) is 0 Å². The van der Waals surface area contributed by atoms with Gasteiger partial charge in [-0.05, 0) is 0 Å². The molecule has 0 aliphatic heterocycles. The van der Waals surface area contributed by atoms with Gasteiger partial charge >= 0.3 is 99.4 Å². The molecule has 16 heavy (non-hydrogen) atoms. The van der Waals surface area contributed by atoms with E-state index in [-0.39, 0.29) is 25.8 Å². The van der Waals surface area contributed by atoms with E-state index >= 15 is 0 Å². The zero-order chi connectivity index (χ0) is 12.2. The third kappa shape index (κ3) is 10.2. The predicted molar refractivity (Wildman–Crippen MR) is 53.9 cm³/mol. The van der Waals surface area contributed by atoms with E-state index in [2.05, 4.69) is 4.74 Å². The molecule has 5 nitrogen and oxygen atoms in total. The Bertz CT molecular complexity index is 207. The molecule has 0 atom stereocenters. The maximum atomic E-state index is 11.1. The van der Waals surface area contributed by atoms with E-state index in [0.29, 0.717) is 23.6 Å². The summed E-state index contributed by atoms with van der Waals surface area (Å²) in [7, 11) is 0. The number of carbonyl (C=O) groups excluding carboxylic acids is 1. The number of hydrogen-bond acceptors (Lipinski definition) is 5. The monoisotopic (exact) mass is 279 g/mol. The summed E-state index contributed by atoms with van der Waals surface area (Å²) in [5.41, 5.74) is 0. The van der Waals surface area contributed by atoms with Crippen LogP contribution in [0.25, 0.3) is 0 Å². The van der Waals surface area contributed by atoms with Crippen molar-refractivity contribution in [3.8, 4) is 0 Å². The second-order valence-corrected chi connectivity index (χ2v) is 5.33. The standard InChI is InChI=1S/C8H15O3.C2H5O.Co.O/c1-2-3-4-5-8(10)11-7-6-9;1-2-3;;/h9H,1-7H2;3H,1-2H2;;. The summed E-state index contributed by atoms with van der Waals surface area (Å²) in [6, 6.07) is 0. The van der Waals surface area contributed by atoms with Crippen LogP contribution >= 0.6 is 0 Å². The van der Waals surface area contributed by atoms with E-state index in [4.69, 9.17) is 10.2 Å². The molecule has 0 aromatic rings. The molecule has 0 saturated carbocycles. The molecule has 0 heterocycles. The van der Waals surface area contributed by atoms with Crippen LogP contribution in [0.4, 0.5) is 0 Å². The van der Waals surface area contributed by atoms with E-state index in [0.717, 1.165) is 12.8 Å². The van der Waals surface area contributed by atoms with Crippen LogP contribution < -0.4 is 0 Å². The topological polar surface area (TPSA) is 83.8 Å². The molecule has 0 saturated heterocycles. The molecule has 0 spiro atoms. The molecule has 0 amide bonds. The summed E-state index contributed by atoms with van der Waals surface area (Å²) in [4.78, 5) is 11.0. The van der Waals surface area contributed by atoms with Gasteiger partial charge in [0.25, 0.3) is 0 Å². The Morgan fingerprint density at radius 3 is 2.44 bits per heavy atom. The van der Waals surface area contributed by atoms with E-state index in [1.54, 1.807) is 0 Å². The Morgan fingerprint density at radius 2 is 1.81 bits per heavy atom. The number of aliphatic hydroxyl groups excluding tert-OH is 2. The Labute approximate surface area is 99.8 Å². The van der Waals surface area contributed by atoms with E-state index < -0.39 is 13.6 Å². The average molecular weight is 279 g/mol. The molecular formula is C10H20CoO5. The zero-order valence-electron chi connectivity index (χ0n) is 9.32. The first kappa shape index (κ1) is 15.7. The Balaban J connectivity index is 3.26. The van der Waals surface area contributed by atoms with E-state index in [9.17, 15) is 8.66 Å². The van der Waals surface area contributed by atoms with Gasteiger partial charge in [0, 0.05) is 0 Å². The maximum absolute atomic E-state index is 11.1. The SMILES string of the molecule is O=C(CCCC[CH2][Co](=[O])[CH2]CO)OCCO.